The molecule has 1 atom stereocenters. The minimum atomic E-state index is 0.458. The molecule has 1 fully saturated rings. The van der Waals surface area contributed by atoms with E-state index in [1.165, 1.54) is 19.4 Å². The number of nitrogens with zero attached hydrogens (tertiary/aromatic N) is 3. The molecule has 1 saturated heterocycles. The second kappa shape index (κ2) is 5.08. The number of hydrogen-bond donors (Lipinski definition) is 1. The van der Waals surface area contributed by atoms with E-state index in [0.717, 1.165) is 18.2 Å². The van der Waals surface area contributed by atoms with Crippen LogP contribution in [0.4, 0.5) is 5.95 Å². The number of aromatic nitrogens is 2. The molecule has 0 saturated carbocycles. The summed E-state index contributed by atoms with van der Waals surface area (Å²) in [6, 6.07) is 0.994. The van der Waals surface area contributed by atoms with Crippen molar-refractivity contribution in [2.75, 3.05) is 25.5 Å². The number of rotatable bonds is 3. The van der Waals surface area contributed by atoms with Crippen molar-refractivity contribution in [3.05, 3.63) is 11.9 Å². The van der Waals surface area contributed by atoms with Crippen molar-refractivity contribution in [2.24, 2.45) is 0 Å². The van der Waals surface area contributed by atoms with Crippen molar-refractivity contribution in [2.45, 2.75) is 45.7 Å². The summed E-state index contributed by atoms with van der Waals surface area (Å²) >= 11 is 0. The van der Waals surface area contributed by atoms with Crippen LogP contribution in [-0.2, 0) is 0 Å². The number of likely N-dealkylation sites (tertiary alicyclic amines) is 1. The van der Waals surface area contributed by atoms with Crippen LogP contribution >= 0.6 is 0 Å². The van der Waals surface area contributed by atoms with Gasteiger partial charge in [0.25, 0.3) is 0 Å². The van der Waals surface area contributed by atoms with Gasteiger partial charge in [0.05, 0.1) is 5.69 Å². The molecule has 0 bridgehead atoms. The van der Waals surface area contributed by atoms with Gasteiger partial charge in [-0.3, -0.25) is 0 Å². The maximum atomic E-state index is 4.58. The molecule has 2 rings (SSSR count). The van der Waals surface area contributed by atoms with Gasteiger partial charge in [0.15, 0.2) is 0 Å². The first-order valence-electron chi connectivity index (χ1n) is 6.57. The van der Waals surface area contributed by atoms with E-state index in [-0.39, 0.29) is 0 Å². The molecule has 0 aliphatic carbocycles. The van der Waals surface area contributed by atoms with E-state index in [2.05, 4.69) is 53.8 Å². The normalized spacial score (nSPS) is 22.1. The van der Waals surface area contributed by atoms with Gasteiger partial charge in [-0.2, -0.15) is 0 Å². The summed E-state index contributed by atoms with van der Waals surface area (Å²) in [4.78, 5) is 6.97. The maximum absolute atomic E-state index is 4.58. The topological polar surface area (TPSA) is 33.1 Å². The SMILES string of the molecule is Cc1cn(C(C)C)c(NC2CCCN(C)C2)n1. The molecule has 1 aliphatic heterocycles. The molecule has 1 aliphatic rings. The van der Waals surface area contributed by atoms with Gasteiger partial charge in [-0.1, -0.05) is 0 Å². The molecule has 1 N–H and O–H groups in total. The molecule has 0 spiro atoms. The number of anilines is 1. The summed E-state index contributed by atoms with van der Waals surface area (Å²) in [7, 11) is 2.19. The Labute approximate surface area is 104 Å². The van der Waals surface area contributed by atoms with Gasteiger partial charge in [-0.25, -0.2) is 4.98 Å². The van der Waals surface area contributed by atoms with Crippen LogP contribution in [0.15, 0.2) is 6.20 Å². The molecule has 4 heteroatoms. The number of piperidine rings is 1. The highest BCUT2D eigenvalue weighted by molar-refractivity contribution is 5.31. The Kier molecular flexibility index (Phi) is 3.72. The van der Waals surface area contributed by atoms with Gasteiger partial charge in [0.1, 0.15) is 0 Å². The summed E-state index contributed by atoms with van der Waals surface area (Å²) in [6.07, 6.45) is 4.64. The van der Waals surface area contributed by atoms with Gasteiger partial charge in [-0.05, 0) is 47.2 Å². The second-order valence-corrected chi connectivity index (χ2v) is 5.45. The summed E-state index contributed by atoms with van der Waals surface area (Å²) in [6.45, 7) is 8.77. The number of hydrogen-bond acceptors (Lipinski definition) is 3. The zero-order chi connectivity index (χ0) is 12.4. The Hall–Kier alpha value is -1.03. The highest BCUT2D eigenvalue weighted by Gasteiger charge is 2.19. The van der Waals surface area contributed by atoms with Gasteiger partial charge in [-0.15, -0.1) is 0 Å². The molecule has 0 amide bonds. The lowest BCUT2D eigenvalue weighted by Gasteiger charge is -2.30. The van der Waals surface area contributed by atoms with E-state index < -0.39 is 0 Å². The lowest BCUT2D eigenvalue weighted by atomic mass is 10.1. The smallest absolute Gasteiger partial charge is 0.203 e. The fraction of sp³-hybridized carbons (Fsp3) is 0.769. The molecule has 4 nitrogen and oxygen atoms in total. The number of likely N-dealkylation sites (N-methyl/N-ethyl adjacent to an activating group) is 1. The summed E-state index contributed by atoms with van der Waals surface area (Å²) in [5.41, 5.74) is 1.09. The molecular formula is C13H24N4. The highest BCUT2D eigenvalue weighted by atomic mass is 15.2. The summed E-state index contributed by atoms with van der Waals surface area (Å²) < 4.78 is 2.23. The van der Waals surface area contributed by atoms with Crippen LogP contribution in [0.2, 0.25) is 0 Å². The van der Waals surface area contributed by atoms with Crippen molar-refractivity contribution < 1.29 is 0 Å². The van der Waals surface area contributed by atoms with E-state index >= 15 is 0 Å². The molecule has 2 heterocycles. The highest BCUT2D eigenvalue weighted by Crippen LogP contribution is 2.18. The number of imidazole rings is 1. The lowest BCUT2D eigenvalue weighted by Crippen LogP contribution is -2.40. The predicted octanol–water partition coefficient (Wildman–Crippen LogP) is 2.28. The molecule has 1 aromatic heterocycles. The van der Waals surface area contributed by atoms with Gasteiger partial charge < -0.3 is 14.8 Å². The first-order valence-corrected chi connectivity index (χ1v) is 6.57. The average molecular weight is 236 g/mol. The van der Waals surface area contributed by atoms with Crippen LogP contribution in [0.3, 0.4) is 0 Å². The van der Waals surface area contributed by atoms with Gasteiger partial charge in [0, 0.05) is 24.8 Å². The third kappa shape index (κ3) is 3.00. The lowest BCUT2D eigenvalue weighted by molar-refractivity contribution is 0.260. The van der Waals surface area contributed by atoms with Crippen LogP contribution in [0.25, 0.3) is 0 Å². The Morgan fingerprint density at radius 2 is 2.24 bits per heavy atom. The van der Waals surface area contributed by atoms with E-state index in [1.54, 1.807) is 0 Å². The quantitative estimate of drug-likeness (QED) is 0.874. The molecule has 96 valence electrons. The largest absolute Gasteiger partial charge is 0.352 e. The Morgan fingerprint density at radius 1 is 1.47 bits per heavy atom. The number of aryl methyl sites for hydroxylation is 1. The van der Waals surface area contributed by atoms with Crippen LogP contribution in [-0.4, -0.2) is 40.6 Å². The second-order valence-electron chi connectivity index (χ2n) is 5.45. The molecule has 1 unspecified atom stereocenters. The molecule has 1 aromatic rings. The zero-order valence-electron chi connectivity index (χ0n) is 11.4. The monoisotopic (exact) mass is 236 g/mol. The first-order chi connectivity index (χ1) is 8.06. The van der Waals surface area contributed by atoms with Crippen molar-refractivity contribution in [1.82, 2.24) is 14.5 Å². The van der Waals surface area contributed by atoms with E-state index in [0.29, 0.717) is 12.1 Å². The Morgan fingerprint density at radius 3 is 2.88 bits per heavy atom. The standard InChI is InChI=1S/C13H24N4/c1-10(2)17-8-11(3)14-13(17)15-12-6-5-7-16(4)9-12/h8,10,12H,5-7,9H2,1-4H3,(H,14,15). The first kappa shape index (κ1) is 12.4. The fourth-order valence-electron chi connectivity index (χ4n) is 2.48. The zero-order valence-corrected chi connectivity index (χ0v) is 11.4. The molecule has 0 aromatic carbocycles. The van der Waals surface area contributed by atoms with Crippen LogP contribution in [0, 0.1) is 6.92 Å². The van der Waals surface area contributed by atoms with Crippen LogP contribution in [0.5, 0.6) is 0 Å². The third-order valence-electron chi connectivity index (χ3n) is 3.37. The van der Waals surface area contributed by atoms with Crippen molar-refractivity contribution >= 4 is 5.95 Å². The van der Waals surface area contributed by atoms with E-state index in [1.807, 2.05) is 0 Å². The van der Waals surface area contributed by atoms with Gasteiger partial charge >= 0.3 is 0 Å². The molecule has 0 radical (unpaired) electrons. The predicted molar refractivity (Wildman–Crippen MR) is 71.5 cm³/mol. The van der Waals surface area contributed by atoms with E-state index in [9.17, 15) is 0 Å². The van der Waals surface area contributed by atoms with Crippen LogP contribution in [0.1, 0.15) is 38.4 Å². The maximum Gasteiger partial charge on any atom is 0.203 e. The van der Waals surface area contributed by atoms with Crippen molar-refractivity contribution in [3.63, 3.8) is 0 Å². The Balaban J connectivity index is 2.07. The van der Waals surface area contributed by atoms with E-state index in [4.69, 9.17) is 0 Å². The molecular weight excluding hydrogens is 212 g/mol. The van der Waals surface area contributed by atoms with Crippen LogP contribution < -0.4 is 5.32 Å². The average Bonchev–Trinajstić information content (AvgIpc) is 2.59. The minimum absolute atomic E-state index is 0.458. The van der Waals surface area contributed by atoms with Gasteiger partial charge in [0.2, 0.25) is 5.95 Å². The summed E-state index contributed by atoms with van der Waals surface area (Å²) in [5, 5.41) is 3.59. The number of nitrogens with one attached hydrogen (secondary N) is 1. The fourth-order valence-corrected chi connectivity index (χ4v) is 2.48. The minimum Gasteiger partial charge on any atom is -0.352 e. The summed E-state index contributed by atoms with van der Waals surface area (Å²) in [5.74, 6) is 1.03. The van der Waals surface area contributed by atoms with Crippen molar-refractivity contribution in [3.8, 4) is 0 Å². The Bertz CT molecular complexity index is 369. The third-order valence-corrected chi connectivity index (χ3v) is 3.37. The van der Waals surface area contributed by atoms with Crippen molar-refractivity contribution in [1.29, 1.82) is 0 Å². The molecule has 17 heavy (non-hydrogen) atoms.